The number of amides is 1. The van der Waals surface area contributed by atoms with Crippen molar-refractivity contribution in [1.82, 2.24) is 10.2 Å². The predicted octanol–water partition coefficient (Wildman–Crippen LogP) is 0.716. The minimum Gasteiger partial charge on any atom is -0.356 e. The highest BCUT2D eigenvalue weighted by molar-refractivity contribution is 5.75. The molecule has 1 fully saturated rings. The molecule has 1 saturated carbocycles. The lowest BCUT2D eigenvalue weighted by molar-refractivity contribution is -0.121. The van der Waals surface area contributed by atoms with Gasteiger partial charge in [-0.15, -0.1) is 0 Å². The van der Waals surface area contributed by atoms with Gasteiger partial charge < -0.3 is 11.1 Å². The molecule has 0 heterocycles. The van der Waals surface area contributed by atoms with Gasteiger partial charge in [0, 0.05) is 25.6 Å². The van der Waals surface area contributed by atoms with E-state index in [1.54, 1.807) is 0 Å². The van der Waals surface area contributed by atoms with Gasteiger partial charge in [0.25, 0.3) is 0 Å². The first-order valence-corrected chi connectivity index (χ1v) is 6.48. The van der Waals surface area contributed by atoms with Gasteiger partial charge in [0.2, 0.25) is 5.91 Å². The summed E-state index contributed by atoms with van der Waals surface area (Å²) in [5.41, 5.74) is 5.53. The van der Waals surface area contributed by atoms with Crippen LogP contribution in [-0.4, -0.2) is 43.0 Å². The summed E-state index contributed by atoms with van der Waals surface area (Å²) in [4.78, 5) is 13.8. The summed E-state index contributed by atoms with van der Waals surface area (Å²) in [6.07, 6.45) is 5.58. The number of hydrogen-bond donors (Lipinski definition) is 2. The molecule has 4 heteroatoms. The molecular formula is C12H25N3O. The van der Waals surface area contributed by atoms with Crippen molar-refractivity contribution in [3.8, 4) is 0 Å². The molecule has 4 nitrogen and oxygen atoms in total. The number of rotatable bonds is 8. The van der Waals surface area contributed by atoms with E-state index in [4.69, 9.17) is 5.73 Å². The van der Waals surface area contributed by atoms with Crippen LogP contribution in [0.1, 0.15) is 39.0 Å². The van der Waals surface area contributed by atoms with E-state index < -0.39 is 0 Å². The number of nitrogens with zero attached hydrogens (tertiary/aromatic N) is 1. The zero-order chi connectivity index (χ0) is 11.8. The van der Waals surface area contributed by atoms with Gasteiger partial charge in [-0.25, -0.2) is 0 Å². The summed E-state index contributed by atoms with van der Waals surface area (Å²) in [6.45, 7) is 5.35. The summed E-state index contributed by atoms with van der Waals surface area (Å²) >= 11 is 0. The third-order valence-electron chi connectivity index (χ3n) is 3.24. The number of carbonyl (C=O) groups is 1. The van der Waals surface area contributed by atoms with Crippen molar-refractivity contribution in [3.63, 3.8) is 0 Å². The van der Waals surface area contributed by atoms with Crippen LogP contribution < -0.4 is 11.1 Å². The van der Waals surface area contributed by atoms with E-state index >= 15 is 0 Å². The first-order chi connectivity index (χ1) is 7.77. The molecule has 16 heavy (non-hydrogen) atoms. The van der Waals surface area contributed by atoms with Crippen LogP contribution in [0.5, 0.6) is 0 Å². The highest BCUT2D eigenvalue weighted by Gasteiger charge is 2.24. The fraction of sp³-hybridized carbons (Fsp3) is 0.917. The van der Waals surface area contributed by atoms with Gasteiger partial charge >= 0.3 is 0 Å². The summed E-state index contributed by atoms with van der Waals surface area (Å²) in [5, 5.41) is 2.84. The molecule has 1 amide bonds. The summed E-state index contributed by atoms with van der Waals surface area (Å²) in [5.74, 6) is 0.166. The van der Waals surface area contributed by atoms with Crippen molar-refractivity contribution in [2.45, 2.75) is 45.1 Å². The Labute approximate surface area is 98.6 Å². The van der Waals surface area contributed by atoms with Gasteiger partial charge in [-0.3, -0.25) is 9.69 Å². The summed E-state index contributed by atoms with van der Waals surface area (Å²) in [6, 6.07) is 0.709. The lowest BCUT2D eigenvalue weighted by atomic mass is 9.91. The molecule has 1 aliphatic carbocycles. The normalized spacial score (nSPS) is 16.2. The van der Waals surface area contributed by atoms with Crippen LogP contribution in [0.2, 0.25) is 0 Å². The van der Waals surface area contributed by atoms with Gasteiger partial charge in [-0.1, -0.05) is 6.42 Å². The molecule has 0 radical (unpaired) electrons. The number of nitrogens with one attached hydrogen (secondary N) is 1. The fourth-order valence-electron chi connectivity index (χ4n) is 2.05. The number of nitrogens with two attached hydrogens (primary N) is 1. The predicted molar refractivity (Wildman–Crippen MR) is 66.2 cm³/mol. The average molecular weight is 227 g/mol. The van der Waals surface area contributed by atoms with Crippen molar-refractivity contribution in [2.75, 3.05) is 26.2 Å². The third-order valence-corrected chi connectivity index (χ3v) is 3.24. The highest BCUT2D eigenvalue weighted by Crippen LogP contribution is 2.24. The van der Waals surface area contributed by atoms with Gasteiger partial charge in [0.05, 0.1) is 0 Å². The van der Waals surface area contributed by atoms with Crippen molar-refractivity contribution in [1.29, 1.82) is 0 Å². The molecule has 3 N–H and O–H groups in total. The molecule has 0 bridgehead atoms. The largest absolute Gasteiger partial charge is 0.356 e. The molecule has 0 aliphatic heterocycles. The van der Waals surface area contributed by atoms with E-state index in [1.807, 2.05) is 6.92 Å². The molecule has 0 aromatic carbocycles. The second-order valence-corrected chi connectivity index (χ2v) is 4.47. The Balaban J connectivity index is 2.23. The first kappa shape index (κ1) is 13.5. The second-order valence-electron chi connectivity index (χ2n) is 4.47. The van der Waals surface area contributed by atoms with Crippen LogP contribution in [-0.2, 0) is 4.79 Å². The maximum atomic E-state index is 11.4. The Morgan fingerprint density at radius 2 is 2.19 bits per heavy atom. The molecule has 0 saturated heterocycles. The van der Waals surface area contributed by atoms with Crippen molar-refractivity contribution in [2.24, 2.45) is 5.73 Å². The second kappa shape index (κ2) is 7.63. The van der Waals surface area contributed by atoms with E-state index in [-0.39, 0.29) is 5.91 Å². The average Bonchev–Trinajstić information content (AvgIpc) is 2.19. The molecule has 0 atom stereocenters. The molecule has 94 valence electrons. The van der Waals surface area contributed by atoms with Gasteiger partial charge in [-0.2, -0.15) is 0 Å². The lowest BCUT2D eigenvalue weighted by Gasteiger charge is -2.37. The maximum absolute atomic E-state index is 11.4. The quantitative estimate of drug-likeness (QED) is 0.642. The Morgan fingerprint density at radius 1 is 1.44 bits per heavy atom. The molecular weight excluding hydrogens is 202 g/mol. The van der Waals surface area contributed by atoms with Crippen molar-refractivity contribution in [3.05, 3.63) is 0 Å². The van der Waals surface area contributed by atoms with Gasteiger partial charge in [0.15, 0.2) is 0 Å². The lowest BCUT2D eigenvalue weighted by Crippen LogP contribution is -2.43. The highest BCUT2D eigenvalue weighted by atomic mass is 16.1. The molecule has 1 rings (SSSR count). The van der Waals surface area contributed by atoms with E-state index in [0.717, 1.165) is 32.6 Å². The topological polar surface area (TPSA) is 58.4 Å². The van der Waals surface area contributed by atoms with Crippen LogP contribution in [0.25, 0.3) is 0 Å². The molecule has 0 spiro atoms. The van der Waals surface area contributed by atoms with E-state index in [0.29, 0.717) is 12.5 Å². The van der Waals surface area contributed by atoms with Crippen LogP contribution in [0.4, 0.5) is 0 Å². The minimum absolute atomic E-state index is 0.166. The third kappa shape index (κ3) is 4.49. The van der Waals surface area contributed by atoms with Crippen molar-refractivity contribution >= 4 is 5.91 Å². The van der Waals surface area contributed by atoms with Crippen LogP contribution in [0.15, 0.2) is 0 Å². The Hall–Kier alpha value is -0.610. The number of carbonyl (C=O) groups excluding carboxylic acids is 1. The Kier molecular flexibility index (Phi) is 6.42. The maximum Gasteiger partial charge on any atom is 0.221 e. The van der Waals surface area contributed by atoms with E-state index in [9.17, 15) is 4.79 Å². The van der Waals surface area contributed by atoms with Crippen LogP contribution >= 0.6 is 0 Å². The first-order valence-electron chi connectivity index (χ1n) is 6.48. The molecule has 0 unspecified atom stereocenters. The van der Waals surface area contributed by atoms with E-state index in [2.05, 4.69) is 10.2 Å². The fourth-order valence-corrected chi connectivity index (χ4v) is 2.05. The van der Waals surface area contributed by atoms with Crippen LogP contribution in [0.3, 0.4) is 0 Å². The SMILES string of the molecule is CCNC(=O)CCN(CCCN)C1CCC1. The monoisotopic (exact) mass is 227 g/mol. The standard InChI is InChI=1S/C12H25N3O/c1-2-14-12(16)7-10-15(9-4-8-13)11-5-3-6-11/h11H,2-10,13H2,1H3,(H,14,16). The van der Waals surface area contributed by atoms with Crippen LogP contribution in [0, 0.1) is 0 Å². The molecule has 0 aromatic rings. The zero-order valence-corrected chi connectivity index (χ0v) is 10.4. The summed E-state index contributed by atoms with van der Waals surface area (Å²) < 4.78 is 0. The Bertz CT molecular complexity index is 204. The molecule has 0 aromatic heterocycles. The smallest absolute Gasteiger partial charge is 0.221 e. The molecule has 1 aliphatic rings. The summed E-state index contributed by atoms with van der Waals surface area (Å²) in [7, 11) is 0. The van der Waals surface area contributed by atoms with E-state index in [1.165, 1.54) is 19.3 Å². The number of hydrogen-bond acceptors (Lipinski definition) is 3. The van der Waals surface area contributed by atoms with Crippen molar-refractivity contribution < 1.29 is 4.79 Å². The van der Waals surface area contributed by atoms with Gasteiger partial charge in [0.1, 0.15) is 0 Å². The zero-order valence-electron chi connectivity index (χ0n) is 10.4. The van der Waals surface area contributed by atoms with Gasteiger partial charge in [-0.05, 0) is 39.3 Å². The minimum atomic E-state index is 0.166. The Morgan fingerprint density at radius 3 is 2.69 bits per heavy atom.